The third kappa shape index (κ3) is 2.54. The van der Waals surface area contributed by atoms with Gasteiger partial charge in [-0.2, -0.15) is 0 Å². The van der Waals surface area contributed by atoms with Gasteiger partial charge in [0.15, 0.2) is 0 Å². The van der Waals surface area contributed by atoms with Crippen LogP contribution in [0.4, 0.5) is 0 Å². The van der Waals surface area contributed by atoms with Crippen molar-refractivity contribution in [1.82, 2.24) is 5.32 Å². The molecule has 0 heterocycles. The second kappa shape index (κ2) is 5.47. The van der Waals surface area contributed by atoms with E-state index in [1.807, 2.05) is 30.3 Å². The molecule has 0 fully saturated rings. The molecule has 0 bridgehead atoms. The van der Waals surface area contributed by atoms with Crippen LogP contribution < -0.4 is 5.32 Å². The van der Waals surface area contributed by atoms with Crippen molar-refractivity contribution in [2.24, 2.45) is 0 Å². The van der Waals surface area contributed by atoms with Gasteiger partial charge >= 0.3 is 0 Å². The van der Waals surface area contributed by atoms with Gasteiger partial charge in [-0.1, -0.05) is 35.9 Å². The van der Waals surface area contributed by atoms with Gasteiger partial charge in [-0.05, 0) is 54.7 Å². The summed E-state index contributed by atoms with van der Waals surface area (Å²) in [6.07, 6.45) is 2.07. The largest absolute Gasteiger partial charge is 0.508 e. The normalized spacial score (nSPS) is 18.8. The highest BCUT2D eigenvalue weighted by Crippen LogP contribution is 2.35. The predicted octanol–water partition coefficient (Wildman–Crippen LogP) is 4.38. The van der Waals surface area contributed by atoms with Crippen LogP contribution >= 0.6 is 11.6 Å². The highest BCUT2D eigenvalue weighted by molar-refractivity contribution is 6.31. The Hall–Kier alpha value is -1.51. The van der Waals surface area contributed by atoms with Crippen LogP contribution in [0.15, 0.2) is 42.5 Å². The van der Waals surface area contributed by atoms with E-state index in [1.165, 1.54) is 11.1 Å². The molecule has 1 aliphatic carbocycles. The molecule has 0 amide bonds. The molecule has 104 valence electrons. The number of nitrogens with one attached hydrogen (secondary N) is 1. The zero-order chi connectivity index (χ0) is 14.1. The highest BCUT2D eigenvalue weighted by atomic mass is 35.5. The van der Waals surface area contributed by atoms with Gasteiger partial charge < -0.3 is 10.4 Å². The monoisotopic (exact) mass is 287 g/mol. The molecule has 0 aromatic heterocycles. The molecular weight excluding hydrogens is 270 g/mol. The first-order chi connectivity index (χ1) is 9.65. The maximum Gasteiger partial charge on any atom is 0.115 e. The molecule has 3 heteroatoms. The fraction of sp³-hybridized carbons (Fsp3) is 0.294. The number of aryl methyl sites for hydroxylation is 1. The molecule has 2 nitrogen and oxygen atoms in total. The van der Waals surface area contributed by atoms with Gasteiger partial charge in [-0.3, -0.25) is 0 Å². The number of hydrogen-bond acceptors (Lipinski definition) is 2. The number of phenols is 1. The minimum absolute atomic E-state index is 0.202. The van der Waals surface area contributed by atoms with Gasteiger partial charge in [0.25, 0.3) is 0 Å². The maximum atomic E-state index is 9.54. The first kappa shape index (κ1) is 13.5. The van der Waals surface area contributed by atoms with Gasteiger partial charge in [0.05, 0.1) is 0 Å². The Morgan fingerprint density at radius 2 is 2.05 bits per heavy atom. The average molecular weight is 288 g/mol. The molecule has 0 saturated heterocycles. The lowest BCUT2D eigenvalue weighted by molar-refractivity contribution is 0.464. The highest BCUT2D eigenvalue weighted by Gasteiger charge is 2.24. The molecule has 0 spiro atoms. The molecular formula is C17H18ClNO. The summed E-state index contributed by atoms with van der Waals surface area (Å²) in [7, 11) is 0. The number of aromatic hydroxyl groups is 1. The second-order valence-corrected chi connectivity index (χ2v) is 5.79. The molecule has 1 aliphatic rings. The number of rotatable bonds is 3. The van der Waals surface area contributed by atoms with Crippen molar-refractivity contribution in [3.05, 3.63) is 64.2 Å². The molecule has 20 heavy (non-hydrogen) atoms. The van der Waals surface area contributed by atoms with Gasteiger partial charge in [0.2, 0.25) is 0 Å². The van der Waals surface area contributed by atoms with Gasteiger partial charge in [0.1, 0.15) is 5.75 Å². The van der Waals surface area contributed by atoms with E-state index in [4.69, 9.17) is 11.6 Å². The van der Waals surface area contributed by atoms with Crippen LogP contribution in [-0.4, -0.2) is 5.11 Å². The minimum Gasteiger partial charge on any atom is -0.508 e. The van der Waals surface area contributed by atoms with E-state index in [0.717, 1.165) is 23.4 Å². The van der Waals surface area contributed by atoms with Crippen LogP contribution in [0.1, 0.15) is 42.1 Å². The van der Waals surface area contributed by atoms with E-state index >= 15 is 0 Å². The zero-order valence-electron chi connectivity index (χ0n) is 11.4. The molecule has 0 saturated carbocycles. The van der Waals surface area contributed by atoms with Crippen molar-refractivity contribution < 1.29 is 5.11 Å². The SMILES string of the molecule is CC(NC1CCc2cc(O)ccc21)c1ccccc1Cl. The van der Waals surface area contributed by atoms with Crippen LogP contribution in [0.5, 0.6) is 5.75 Å². The Balaban J connectivity index is 1.79. The summed E-state index contributed by atoms with van der Waals surface area (Å²) in [4.78, 5) is 0. The summed E-state index contributed by atoms with van der Waals surface area (Å²) in [6, 6.07) is 14.1. The Kier molecular flexibility index (Phi) is 3.68. The fourth-order valence-corrected chi connectivity index (χ4v) is 3.29. The van der Waals surface area contributed by atoms with Crippen LogP contribution in [0.25, 0.3) is 0 Å². The summed E-state index contributed by atoms with van der Waals surface area (Å²) < 4.78 is 0. The zero-order valence-corrected chi connectivity index (χ0v) is 12.2. The fourth-order valence-electron chi connectivity index (χ4n) is 2.99. The maximum absolute atomic E-state index is 9.54. The number of phenolic OH excluding ortho intramolecular Hbond substituents is 1. The predicted molar refractivity (Wildman–Crippen MR) is 82.2 cm³/mol. The minimum atomic E-state index is 0.202. The average Bonchev–Trinajstić information content (AvgIpc) is 2.81. The Labute approximate surface area is 124 Å². The van der Waals surface area contributed by atoms with E-state index in [-0.39, 0.29) is 6.04 Å². The standard InChI is InChI=1S/C17H18ClNO/c1-11(14-4-2-3-5-16(14)18)19-17-9-6-12-10-13(20)7-8-15(12)17/h2-5,7-8,10-11,17,19-20H,6,9H2,1H3. The van der Waals surface area contributed by atoms with Gasteiger partial charge in [-0.25, -0.2) is 0 Å². The molecule has 2 aromatic carbocycles. The Morgan fingerprint density at radius 1 is 1.25 bits per heavy atom. The summed E-state index contributed by atoms with van der Waals surface area (Å²) in [5, 5.41) is 14.0. The quantitative estimate of drug-likeness (QED) is 0.878. The Morgan fingerprint density at radius 3 is 2.85 bits per heavy atom. The van der Waals surface area contributed by atoms with E-state index < -0.39 is 0 Å². The Bertz CT molecular complexity index is 626. The van der Waals surface area contributed by atoms with Crippen LogP contribution in [0.2, 0.25) is 5.02 Å². The van der Waals surface area contributed by atoms with Crippen molar-refractivity contribution >= 4 is 11.6 Å². The summed E-state index contributed by atoms with van der Waals surface area (Å²) in [5.41, 5.74) is 3.66. The molecule has 0 radical (unpaired) electrons. The third-order valence-corrected chi connectivity index (χ3v) is 4.37. The van der Waals surface area contributed by atoms with Crippen molar-refractivity contribution in [3.8, 4) is 5.75 Å². The van der Waals surface area contributed by atoms with Crippen LogP contribution in [0.3, 0.4) is 0 Å². The second-order valence-electron chi connectivity index (χ2n) is 5.38. The summed E-state index contributed by atoms with van der Waals surface area (Å²) in [5.74, 6) is 0.351. The van der Waals surface area contributed by atoms with Gasteiger partial charge in [-0.15, -0.1) is 0 Å². The third-order valence-electron chi connectivity index (χ3n) is 4.03. The molecule has 0 aliphatic heterocycles. The number of hydrogen-bond donors (Lipinski definition) is 2. The lowest BCUT2D eigenvalue weighted by atomic mass is 10.0. The number of halogens is 1. The number of fused-ring (bicyclic) bond motifs is 1. The molecule has 2 atom stereocenters. The first-order valence-electron chi connectivity index (χ1n) is 6.97. The van der Waals surface area contributed by atoms with Crippen LogP contribution in [-0.2, 0) is 6.42 Å². The lowest BCUT2D eigenvalue weighted by Crippen LogP contribution is -2.23. The summed E-state index contributed by atoms with van der Waals surface area (Å²) >= 11 is 6.25. The smallest absolute Gasteiger partial charge is 0.115 e. The molecule has 2 N–H and O–H groups in total. The van der Waals surface area contributed by atoms with Crippen molar-refractivity contribution in [2.75, 3.05) is 0 Å². The molecule has 3 rings (SSSR count). The topological polar surface area (TPSA) is 32.3 Å². The van der Waals surface area contributed by atoms with E-state index in [9.17, 15) is 5.11 Å². The van der Waals surface area contributed by atoms with Crippen LogP contribution in [0, 0.1) is 0 Å². The van der Waals surface area contributed by atoms with Gasteiger partial charge in [0, 0.05) is 17.1 Å². The van der Waals surface area contributed by atoms with E-state index in [2.05, 4.69) is 18.3 Å². The first-order valence-corrected chi connectivity index (χ1v) is 7.35. The van der Waals surface area contributed by atoms with Crippen molar-refractivity contribution in [3.63, 3.8) is 0 Å². The van der Waals surface area contributed by atoms with E-state index in [1.54, 1.807) is 6.07 Å². The molecule has 2 aromatic rings. The molecule has 2 unspecified atom stereocenters. The van der Waals surface area contributed by atoms with Crippen molar-refractivity contribution in [1.29, 1.82) is 0 Å². The lowest BCUT2D eigenvalue weighted by Gasteiger charge is -2.21. The number of benzene rings is 2. The van der Waals surface area contributed by atoms with Crippen molar-refractivity contribution in [2.45, 2.75) is 31.8 Å². The summed E-state index contributed by atoms with van der Waals surface area (Å²) in [6.45, 7) is 2.14. The van der Waals surface area contributed by atoms with E-state index in [0.29, 0.717) is 11.8 Å².